The molecule has 0 N–H and O–H groups in total. The maximum Gasteiger partial charge on any atom is 0.101 e. The molecule has 0 radical (unpaired) electrons. The predicted octanol–water partition coefficient (Wildman–Crippen LogP) is 5.42. The lowest BCUT2D eigenvalue weighted by atomic mass is 9.82. The average molecular weight is 349 g/mol. The highest BCUT2D eigenvalue weighted by molar-refractivity contribution is 6.31. The molecule has 0 saturated carbocycles. The number of nitriles is 1. The third-order valence-corrected chi connectivity index (χ3v) is 5.78. The summed E-state index contributed by atoms with van der Waals surface area (Å²) in [6, 6.07) is 19.9. The van der Waals surface area contributed by atoms with Crippen molar-refractivity contribution in [3.63, 3.8) is 0 Å². The summed E-state index contributed by atoms with van der Waals surface area (Å²) in [5.74, 6) is 0. The normalized spacial score (nSPS) is 23.0. The van der Waals surface area contributed by atoms with Crippen LogP contribution in [-0.2, 0) is 6.54 Å². The minimum atomic E-state index is 0.490. The maximum atomic E-state index is 9.25. The average Bonchev–Trinajstić information content (AvgIpc) is 2.63. The lowest BCUT2D eigenvalue weighted by Crippen LogP contribution is -2.47. The molecule has 126 valence electrons. The molecule has 1 fully saturated rings. The molecule has 0 spiro atoms. The molecule has 2 heterocycles. The van der Waals surface area contributed by atoms with E-state index in [4.69, 9.17) is 11.6 Å². The van der Waals surface area contributed by atoms with Crippen molar-refractivity contribution in [2.75, 3.05) is 0 Å². The monoisotopic (exact) mass is 348 g/mol. The number of nitrogens with zero attached hydrogens (tertiary/aromatic N) is 2. The van der Waals surface area contributed by atoms with Gasteiger partial charge in [0.1, 0.15) is 6.07 Å². The minimum Gasteiger partial charge on any atom is -0.289 e. The number of piperidine rings is 1. The van der Waals surface area contributed by atoms with Gasteiger partial charge in [0.2, 0.25) is 0 Å². The van der Waals surface area contributed by atoms with Gasteiger partial charge >= 0.3 is 0 Å². The standard InChI is InChI=1S/C22H21ClN2/c23-22-10-9-17(11-19(22)14-24)18-12-20-7-4-8-21(13-18)25(20)15-16-5-2-1-3-6-16/h1-3,5-6,9-12,20-21H,4,7-8,13,15H2. The van der Waals surface area contributed by atoms with Crippen molar-refractivity contribution >= 4 is 17.2 Å². The molecule has 4 rings (SSSR count). The zero-order valence-corrected chi connectivity index (χ0v) is 14.9. The van der Waals surface area contributed by atoms with E-state index in [1.165, 1.54) is 30.4 Å². The number of hydrogen-bond donors (Lipinski definition) is 0. The maximum absolute atomic E-state index is 9.25. The number of rotatable bonds is 3. The van der Waals surface area contributed by atoms with Crippen LogP contribution in [0.5, 0.6) is 0 Å². The van der Waals surface area contributed by atoms with E-state index in [0.717, 1.165) is 18.5 Å². The Bertz CT molecular complexity index is 835. The van der Waals surface area contributed by atoms with Crippen LogP contribution in [0, 0.1) is 11.3 Å². The zero-order chi connectivity index (χ0) is 17.2. The molecule has 1 saturated heterocycles. The van der Waals surface area contributed by atoms with Gasteiger partial charge in [-0.25, -0.2) is 0 Å². The summed E-state index contributed by atoms with van der Waals surface area (Å²) in [7, 11) is 0. The van der Waals surface area contributed by atoms with Crippen molar-refractivity contribution in [3.05, 3.63) is 76.3 Å². The van der Waals surface area contributed by atoms with E-state index >= 15 is 0 Å². The molecule has 25 heavy (non-hydrogen) atoms. The molecule has 0 aromatic heterocycles. The highest BCUT2D eigenvalue weighted by atomic mass is 35.5. The second-order valence-corrected chi connectivity index (χ2v) is 7.42. The van der Waals surface area contributed by atoms with Crippen LogP contribution >= 0.6 is 11.6 Å². The Morgan fingerprint density at radius 1 is 1.12 bits per heavy atom. The second kappa shape index (κ2) is 7.04. The van der Waals surface area contributed by atoms with Gasteiger partial charge in [0.25, 0.3) is 0 Å². The van der Waals surface area contributed by atoms with Gasteiger partial charge in [0.05, 0.1) is 10.6 Å². The van der Waals surface area contributed by atoms with Crippen molar-refractivity contribution in [2.24, 2.45) is 0 Å². The van der Waals surface area contributed by atoms with E-state index in [0.29, 0.717) is 22.7 Å². The highest BCUT2D eigenvalue weighted by Gasteiger charge is 2.34. The third kappa shape index (κ3) is 3.35. The fourth-order valence-corrected chi connectivity index (χ4v) is 4.34. The summed E-state index contributed by atoms with van der Waals surface area (Å²) in [6.45, 7) is 1.02. The first-order chi connectivity index (χ1) is 12.2. The van der Waals surface area contributed by atoms with Crippen LogP contribution in [0.2, 0.25) is 5.02 Å². The minimum absolute atomic E-state index is 0.490. The van der Waals surface area contributed by atoms with Crippen molar-refractivity contribution < 1.29 is 0 Å². The van der Waals surface area contributed by atoms with Crippen LogP contribution in [0.4, 0.5) is 0 Å². The van der Waals surface area contributed by atoms with Crippen molar-refractivity contribution in [1.82, 2.24) is 4.90 Å². The molecule has 3 heteroatoms. The van der Waals surface area contributed by atoms with Gasteiger partial charge in [-0.3, -0.25) is 4.90 Å². The molecule has 2 aromatic rings. The van der Waals surface area contributed by atoms with Crippen LogP contribution in [0.3, 0.4) is 0 Å². The van der Waals surface area contributed by atoms with Gasteiger partial charge in [-0.1, -0.05) is 60.5 Å². The Morgan fingerprint density at radius 2 is 1.96 bits per heavy atom. The summed E-state index contributed by atoms with van der Waals surface area (Å²) >= 11 is 6.09. The lowest BCUT2D eigenvalue weighted by molar-refractivity contribution is 0.0951. The molecule has 2 nitrogen and oxygen atoms in total. The van der Waals surface area contributed by atoms with E-state index < -0.39 is 0 Å². The molecule has 2 bridgehead atoms. The highest BCUT2D eigenvalue weighted by Crippen LogP contribution is 2.38. The Hall–Kier alpha value is -2.08. The molecular weight excluding hydrogens is 328 g/mol. The van der Waals surface area contributed by atoms with Gasteiger partial charge in [-0.15, -0.1) is 0 Å². The van der Waals surface area contributed by atoms with Crippen LogP contribution < -0.4 is 0 Å². The number of fused-ring (bicyclic) bond motifs is 2. The van der Waals surface area contributed by atoms with Crippen LogP contribution in [0.15, 0.2) is 54.6 Å². The molecule has 2 aliphatic heterocycles. The Balaban J connectivity index is 1.62. The third-order valence-electron chi connectivity index (χ3n) is 5.45. The first-order valence-corrected chi connectivity index (χ1v) is 9.33. The van der Waals surface area contributed by atoms with Crippen molar-refractivity contribution in [1.29, 1.82) is 5.26 Å². The molecule has 2 aliphatic rings. The summed E-state index contributed by atoms with van der Waals surface area (Å²) < 4.78 is 0. The van der Waals surface area contributed by atoms with Gasteiger partial charge in [0, 0.05) is 18.6 Å². The first kappa shape index (κ1) is 16.4. The molecular formula is C22H21ClN2. The largest absolute Gasteiger partial charge is 0.289 e. The first-order valence-electron chi connectivity index (χ1n) is 8.95. The summed E-state index contributed by atoms with van der Waals surface area (Å²) in [4.78, 5) is 2.66. The number of hydrogen-bond acceptors (Lipinski definition) is 2. The van der Waals surface area contributed by atoms with E-state index in [1.807, 2.05) is 12.1 Å². The Morgan fingerprint density at radius 3 is 2.72 bits per heavy atom. The Kier molecular flexibility index (Phi) is 4.61. The fraction of sp³-hybridized carbons (Fsp3) is 0.318. The van der Waals surface area contributed by atoms with E-state index in [-0.39, 0.29) is 0 Å². The molecule has 2 aromatic carbocycles. The van der Waals surface area contributed by atoms with Gasteiger partial charge < -0.3 is 0 Å². The fourth-order valence-electron chi connectivity index (χ4n) is 4.18. The second-order valence-electron chi connectivity index (χ2n) is 7.01. The molecule has 2 unspecified atom stereocenters. The smallest absolute Gasteiger partial charge is 0.101 e. The van der Waals surface area contributed by atoms with Crippen molar-refractivity contribution in [3.8, 4) is 6.07 Å². The quantitative estimate of drug-likeness (QED) is 0.740. The lowest BCUT2D eigenvalue weighted by Gasteiger charge is -2.45. The summed E-state index contributed by atoms with van der Waals surface area (Å²) in [6.07, 6.45) is 7.23. The van der Waals surface area contributed by atoms with Gasteiger partial charge in [0.15, 0.2) is 0 Å². The van der Waals surface area contributed by atoms with Crippen LogP contribution in [-0.4, -0.2) is 17.0 Å². The summed E-state index contributed by atoms with van der Waals surface area (Å²) in [5.41, 5.74) is 4.47. The van der Waals surface area contributed by atoms with Crippen molar-refractivity contribution in [2.45, 2.75) is 44.3 Å². The topological polar surface area (TPSA) is 27.0 Å². The van der Waals surface area contributed by atoms with Gasteiger partial charge in [-0.2, -0.15) is 5.26 Å². The molecule has 0 amide bonds. The van der Waals surface area contributed by atoms with E-state index in [2.05, 4.69) is 53.4 Å². The summed E-state index contributed by atoms with van der Waals surface area (Å²) in [5, 5.41) is 9.78. The molecule has 0 aliphatic carbocycles. The molecule has 2 atom stereocenters. The Labute approximate surface area is 154 Å². The zero-order valence-electron chi connectivity index (χ0n) is 14.2. The number of halogens is 1. The van der Waals surface area contributed by atoms with Gasteiger partial charge in [-0.05, 0) is 48.1 Å². The van der Waals surface area contributed by atoms with E-state index in [1.54, 1.807) is 0 Å². The van der Waals surface area contributed by atoms with E-state index in [9.17, 15) is 5.26 Å². The predicted molar refractivity (Wildman–Crippen MR) is 102 cm³/mol. The van der Waals surface area contributed by atoms with Crippen LogP contribution in [0.1, 0.15) is 42.4 Å². The van der Waals surface area contributed by atoms with Crippen LogP contribution in [0.25, 0.3) is 5.57 Å². The SMILES string of the molecule is N#Cc1cc(C2=CC3CCCC(C2)N3Cc2ccccc2)ccc1Cl. The number of benzene rings is 2.